The van der Waals surface area contributed by atoms with Crippen LogP contribution in [-0.2, 0) is 9.59 Å². The Kier molecular flexibility index (Phi) is 4.22. The first kappa shape index (κ1) is 16.1. The fourth-order valence-electron chi connectivity index (χ4n) is 2.54. The van der Waals surface area contributed by atoms with Gasteiger partial charge in [-0.2, -0.15) is 0 Å². The third kappa shape index (κ3) is 2.74. The van der Waals surface area contributed by atoms with Gasteiger partial charge in [0.1, 0.15) is 11.6 Å². The zero-order valence-corrected chi connectivity index (χ0v) is 13.9. The summed E-state index contributed by atoms with van der Waals surface area (Å²) in [6.07, 6.45) is 0. The van der Waals surface area contributed by atoms with Gasteiger partial charge in [-0.3, -0.25) is 14.5 Å². The van der Waals surface area contributed by atoms with Crippen molar-refractivity contribution >= 4 is 40.7 Å². The van der Waals surface area contributed by atoms with Crippen molar-refractivity contribution in [1.29, 1.82) is 0 Å². The molecular weight excluding hydrogens is 311 g/mol. The minimum Gasteiger partial charge on any atom is -0.340 e. The second-order valence-corrected chi connectivity index (χ2v) is 6.86. The van der Waals surface area contributed by atoms with E-state index >= 15 is 0 Å². The molecule has 0 radical (unpaired) electrons. The van der Waals surface area contributed by atoms with E-state index in [2.05, 4.69) is 5.32 Å². The van der Waals surface area contributed by atoms with Crippen molar-refractivity contribution in [3.05, 3.63) is 28.2 Å². The molecule has 0 aliphatic carbocycles. The van der Waals surface area contributed by atoms with Crippen LogP contribution in [-0.4, -0.2) is 23.4 Å². The molecule has 0 bridgehead atoms. The monoisotopic (exact) mass is 328 g/mol. The van der Waals surface area contributed by atoms with E-state index in [0.29, 0.717) is 15.7 Å². The second kappa shape index (κ2) is 5.50. The molecule has 21 heavy (non-hydrogen) atoms. The number of nitrogens with zero attached hydrogens (tertiary/aromatic N) is 1. The molecule has 4 nitrogen and oxygen atoms in total. The topological polar surface area (TPSA) is 49.4 Å². The molecule has 1 aliphatic rings. The van der Waals surface area contributed by atoms with Crippen LogP contribution in [0.4, 0.5) is 5.69 Å². The number of para-hydroxylation sites is 1. The van der Waals surface area contributed by atoms with Crippen molar-refractivity contribution in [2.45, 2.75) is 39.3 Å². The Labute approximate surface area is 134 Å². The van der Waals surface area contributed by atoms with Crippen molar-refractivity contribution in [1.82, 2.24) is 5.32 Å². The number of piperazine rings is 1. The maximum Gasteiger partial charge on any atom is 0.253 e. The number of halogens is 2. The van der Waals surface area contributed by atoms with Crippen molar-refractivity contribution in [2.24, 2.45) is 5.92 Å². The van der Waals surface area contributed by atoms with E-state index in [1.807, 2.05) is 13.8 Å². The Morgan fingerprint density at radius 3 is 2.19 bits per heavy atom. The summed E-state index contributed by atoms with van der Waals surface area (Å²) in [7, 11) is 0. The zero-order valence-electron chi connectivity index (χ0n) is 12.4. The van der Waals surface area contributed by atoms with Gasteiger partial charge in [0.2, 0.25) is 5.91 Å². The Hall–Kier alpha value is -1.26. The number of nitrogens with one attached hydrogen (secondary N) is 1. The Morgan fingerprint density at radius 2 is 1.71 bits per heavy atom. The predicted molar refractivity (Wildman–Crippen MR) is 84.8 cm³/mol. The molecule has 1 aliphatic heterocycles. The van der Waals surface area contributed by atoms with Crippen LogP contribution < -0.4 is 10.2 Å². The molecule has 1 aromatic rings. The molecule has 1 heterocycles. The first-order chi connectivity index (χ1) is 9.66. The second-order valence-electron chi connectivity index (χ2n) is 6.05. The van der Waals surface area contributed by atoms with Crippen LogP contribution >= 0.6 is 23.2 Å². The highest BCUT2D eigenvalue weighted by Crippen LogP contribution is 2.38. The van der Waals surface area contributed by atoms with E-state index in [9.17, 15) is 9.59 Å². The molecule has 0 spiro atoms. The normalized spacial score (nSPS) is 21.7. The molecule has 1 aromatic carbocycles. The highest BCUT2D eigenvalue weighted by atomic mass is 35.5. The number of carbonyl (C=O) groups excluding carboxylic acids is 2. The molecule has 2 rings (SSSR count). The number of benzene rings is 1. The van der Waals surface area contributed by atoms with Crippen LogP contribution in [0.2, 0.25) is 10.0 Å². The van der Waals surface area contributed by atoms with Gasteiger partial charge in [-0.1, -0.05) is 43.1 Å². The van der Waals surface area contributed by atoms with Crippen LogP contribution in [0.25, 0.3) is 0 Å². The standard InChI is InChI=1S/C15H18Cl2N2O2/c1-8(2)11-13(20)18-15(3,4)14(21)19(11)12-9(16)6-5-7-10(12)17/h5-8,11H,1-4H3,(H,18,20). The van der Waals surface area contributed by atoms with Crippen molar-refractivity contribution in [2.75, 3.05) is 4.90 Å². The Balaban J connectivity index is 2.64. The van der Waals surface area contributed by atoms with Crippen molar-refractivity contribution in [3.8, 4) is 0 Å². The lowest BCUT2D eigenvalue weighted by Crippen LogP contribution is -2.69. The molecule has 2 amide bonds. The zero-order chi connectivity index (χ0) is 15.9. The van der Waals surface area contributed by atoms with Crippen LogP contribution in [0.3, 0.4) is 0 Å². The summed E-state index contributed by atoms with van der Waals surface area (Å²) in [4.78, 5) is 26.7. The third-order valence-electron chi connectivity index (χ3n) is 3.55. The summed E-state index contributed by atoms with van der Waals surface area (Å²) >= 11 is 12.5. The minimum absolute atomic E-state index is 0.0719. The summed E-state index contributed by atoms with van der Waals surface area (Å²) < 4.78 is 0. The average Bonchev–Trinajstić information content (AvgIpc) is 2.33. The minimum atomic E-state index is -0.995. The number of amides is 2. The van der Waals surface area contributed by atoms with E-state index in [4.69, 9.17) is 23.2 Å². The smallest absolute Gasteiger partial charge is 0.253 e. The number of rotatable bonds is 2. The molecule has 114 valence electrons. The number of anilines is 1. The lowest BCUT2D eigenvalue weighted by atomic mass is 9.91. The van der Waals surface area contributed by atoms with Gasteiger partial charge in [-0.15, -0.1) is 0 Å². The summed E-state index contributed by atoms with van der Waals surface area (Å²) in [5.41, 5.74) is -0.599. The van der Waals surface area contributed by atoms with Gasteiger partial charge in [0.05, 0.1) is 15.7 Å². The predicted octanol–water partition coefficient (Wildman–Crippen LogP) is 3.26. The first-order valence-electron chi connectivity index (χ1n) is 6.76. The number of hydrogen-bond donors (Lipinski definition) is 1. The largest absolute Gasteiger partial charge is 0.340 e. The quantitative estimate of drug-likeness (QED) is 0.905. The maximum absolute atomic E-state index is 12.8. The molecule has 1 N–H and O–H groups in total. The van der Waals surface area contributed by atoms with Crippen LogP contribution in [0.1, 0.15) is 27.7 Å². The fraction of sp³-hybridized carbons (Fsp3) is 0.467. The highest BCUT2D eigenvalue weighted by Gasteiger charge is 2.48. The molecule has 1 unspecified atom stereocenters. The highest BCUT2D eigenvalue weighted by molar-refractivity contribution is 6.40. The van der Waals surface area contributed by atoms with E-state index in [1.165, 1.54) is 4.90 Å². The van der Waals surface area contributed by atoms with Gasteiger partial charge in [-0.05, 0) is 31.9 Å². The Morgan fingerprint density at radius 1 is 1.19 bits per heavy atom. The van der Waals surface area contributed by atoms with E-state index < -0.39 is 11.6 Å². The van der Waals surface area contributed by atoms with Gasteiger partial charge in [0.25, 0.3) is 5.91 Å². The lowest BCUT2D eigenvalue weighted by molar-refractivity contribution is -0.138. The molecular formula is C15H18Cl2N2O2. The van der Waals surface area contributed by atoms with Gasteiger partial charge < -0.3 is 5.32 Å². The van der Waals surface area contributed by atoms with Crippen LogP contribution in [0.5, 0.6) is 0 Å². The van der Waals surface area contributed by atoms with Crippen molar-refractivity contribution < 1.29 is 9.59 Å². The van der Waals surface area contributed by atoms with Crippen LogP contribution in [0, 0.1) is 5.92 Å². The van der Waals surface area contributed by atoms with E-state index in [0.717, 1.165) is 0 Å². The maximum atomic E-state index is 12.8. The molecule has 6 heteroatoms. The summed E-state index contributed by atoms with van der Waals surface area (Å²) in [5.74, 6) is -0.501. The summed E-state index contributed by atoms with van der Waals surface area (Å²) in [5, 5.41) is 3.47. The van der Waals surface area contributed by atoms with Crippen LogP contribution in [0.15, 0.2) is 18.2 Å². The lowest BCUT2D eigenvalue weighted by Gasteiger charge is -2.44. The Bertz CT molecular complexity index is 579. The summed E-state index contributed by atoms with van der Waals surface area (Å²) in [6.45, 7) is 7.10. The fourth-order valence-corrected chi connectivity index (χ4v) is 3.12. The van der Waals surface area contributed by atoms with Gasteiger partial charge in [-0.25, -0.2) is 0 Å². The summed E-state index contributed by atoms with van der Waals surface area (Å²) in [6, 6.07) is 4.39. The van der Waals surface area contributed by atoms with E-state index in [-0.39, 0.29) is 17.7 Å². The third-order valence-corrected chi connectivity index (χ3v) is 4.16. The number of hydrogen-bond acceptors (Lipinski definition) is 2. The molecule has 0 saturated carbocycles. The van der Waals surface area contributed by atoms with Gasteiger partial charge in [0, 0.05) is 0 Å². The SMILES string of the molecule is CC(C)C1C(=O)NC(C)(C)C(=O)N1c1c(Cl)cccc1Cl. The van der Waals surface area contributed by atoms with Crippen molar-refractivity contribution in [3.63, 3.8) is 0 Å². The average molecular weight is 329 g/mol. The van der Waals surface area contributed by atoms with Gasteiger partial charge >= 0.3 is 0 Å². The first-order valence-corrected chi connectivity index (χ1v) is 7.52. The molecule has 0 aromatic heterocycles. The molecule has 1 fully saturated rings. The number of carbonyl (C=O) groups is 2. The molecule has 1 atom stereocenters. The van der Waals surface area contributed by atoms with Gasteiger partial charge in [0.15, 0.2) is 0 Å². The van der Waals surface area contributed by atoms with E-state index in [1.54, 1.807) is 32.0 Å². The molecule has 1 saturated heterocycles.